The molecule has 1 aliphatic rings. The van der Waals surface area contributed by atoms with Crippen molar-refractivity contribution in [1.29, 1.82) is 0 Å². The average Bonchev–Trinajstić information content (AvgIpc) is 3.00. The van der Waals surface area contributed by atoms with E-state index < -0.39 is 21.5 Å². The number of rotatable bonds is 6. The topological polar surface area (TPSA) is 79.4 Å². The lowest BCUT2D eigenvalue weighted by Crippen LogP contribution is -2.34. The summed E-state index contributed by atoms with van der Waals surface area (Å²) in [6.07, 6.45) is 4.93. The normalized spacial score (nSPS) is 15.7. The van der Waals surface area contributed by atoms with E-state index in [1.54, 1.807) is 12.3 Å². The molecule has 0 unspecified atom stereocenters. The highest BCUT2D eigenvalue weighted by Crippen LogP contribution is 2.25. The van der Waals surface area contributed by atoms with E-state index in [0.29, 0.717) is 12.8 Å². The fourth-order valence-corrected chi connectivity index (χ4v) is 4.52. The van der Waals surface area contributed by atoms with Crippen LogP contribution >= 0.6 is 0 Å². The van der Waals surface area contributed by atoms with E-state index in [4.69, 9.17) is 0 Å². The summed E-state index contributed by atoms with van der Waals surface area (Å²) < 4.78 is 24.3. The molecule has 0 atom stereocenters. The first kappa shape index (κ1) is 16.7. The summed E-state index contributed by atoms with van der Waals surface area (Å²) in [6.45, 7) is 0.278. The molecular weight excluding hydrogens is 302 g/mol. The summed E-state index contributed by atoms with van der Waals surface area (Å²) in [5, 5.41) is 2.35. The molecule has 1 aromatic heterocycles. The lowest BCUT2D eigenvalue weighted by atomic mass is 10.2. The maximum Gasteiger partial charge on any atom is 0.235 e. The molecule has 122 valence electrons. The van der Waals surface area contributed by atoms with Gasteiger partial charge in [0.2, 0.25) is 5.91 Å². The van der Waals surface area contributed by atoms with Gasteiger partial charge in [-0.05, 0) is 18.9 Å². The maximum absolute atomic E-state index is 12.1. The van der Waals surface area contributed by atoms with E-state index >= 15 is 0 Å². The van der Waals surface area contributed by atoms with Crippen molar-refractivity contribution >= 4 is 21.6 Å². The second-order valence-corrected chi connectivity index (χ2v) is 8.15. The first-order valence-corrected chi connectivity index (χ1v) is 9.21. The highest BCUT2D eigenvalue weighted by atomic mass is 32.2. The van der Waals surface area contributed by atoms with Gasteiger partial charge in [0.15, 0.2) is 9.84 Å². The highest BCUT2D eigenvalue weighted by Gasteiger charge is 2.30. The van der Waals surface area contributed by atoms with Crippen molar-refractivity contribution < 1.29 is 13.2 Å². The first-order chi connectivity index (χ1) is 10.4. The minimum absolute atomic E-state index is 0.278. The van der Waals surface area contributed by atoms with Crippen LogP contribution in [0.2, 0.25) is 0 Å². The molecule has 1 aromatic rings. The zero-order chi connectivity index (χ0) is 16.2. The number of amides is 1. The van der Waals surface area contributed by atoms with Gasteiger partial charge in [-0.25, -0.2) is 13.4 Å². The van der Waals surface area contributed by atoms with Crippen LogP contribution < -0.4 is 10.2 Å². The van der Waals surface area contributed by atoms with Gasteiger partial charge in [-0.15, -0.1) is 0 Å². The van der Waals surface area contributed by atoms with Gasteiger partial charge >= 0.3 is 0 Å². The van der Waals surface area contributed by atoms with Gasteiger partial charge in [-0.2, -0.15) is 0 Å². The van der Waals surface area contributed by atoms with Crippen LogP contribution in [0.15, 0.2) is 18.3 Å². The van der Waals surface area contributed by atoms with Crippen molar-refractivity contribution in [3.8, 4) is 0 Å². The number of nitrogens with one attached hydrogen (secondary N) is 1. The monoisotopic (exact) mass is 325 g/mol. The van der Waals surface area contributed by atoms with Crippen LogP contribution in [0.1, 0.15) is 31.2 Å². The molecule has 1 N–H and O–H groups in total. The smallest absolute Gasteiger partial charge is 0.235 e. The maximum atomic E-state index is 12.1. The number of carbonyl (C=O) groups is 1. The molecule has 0 bridgehead atoms. The van der Waals surface area contributed by atoms with Crippen LogP contribution in [0.5, 0.6) is 0 Å². The number of hydrogen-bond donors (Lipinski definition) is 1. The summed E-state index contributed by atoms with van der Waals surface area (Å²) in [6, 6.07) is 3.66. The van der Waals surface area contributed by atoms with Gasteiger partial charge in [0.05, 0.1) is 5.25 Å². The van der Waals surface area contributed by atoms with Crippen LogP contribution in [0.4, 0.5) is 5.82 Å². The molecule has 1 heterocycles. The Kier molecular flexibility index (Phi) is 5.39. The number of carbonyl (C=O) groups excluding carboxylic acids is 1. The standard InChI is InChI=1S/C15H23N3O3S/c1-18(2)15-12(6-5-9-16-15)10-17-14(19)11-22(20,21)13-7-3-4-8-13/h5-6,9,13H,3-4,7-8,10-11H2,1-2H3,(H,17,19). The van der Waals surface area contributed by atoms with E-state index in [1.165, 1.54) is 0 Å². The van der Waals surface area contributed by atoms with Gasteiger partial charge in [-0.1, -0.05) is 18.9 Å². The van der Waals surface area contributed by atoms with E-state index in [0.717, 1.165) is 24.2 Å². The predicted octanol–water partition coefficient (Wildman–Crippen LogP) is 1.12. The Balaban J connectivity index is 1.93. The van der Waals surface area contributed by atoms with Crippen LogP contribution in [0, 0.1) is 0 Å². The molecule has 2 rings (SSSR count). The molecule has 0 aliphatic heterocycles. The van der Waals surface area contributed by atoms with Crippen LogP contribution in [0.3, 0.4) is 0 Å². The van der Waals surface area contributed by atoms with Crippen LogP contribution in [0.25, 0.3) is 0 Å². The molecule has 1 fully saturated rings. The first-order valence-electron chi connectivity index (χ1n) is 7.49. The highest BCUT2D eigenvalue weighted by molar-refractivity contribution is 7.92. The van der Waals surface area contributed by atoms with Crippen LogP contribution in [-0.2, 0) is 21.2 Å². The zero-order valence-corrected chi connectivity index (χ0v) is 13.9. The van der Waals surface area contributed by atoms with Crippen molar-refractivity contribution in [3.63, 3.8) is 0 Å². The lowest BCUT2D eigenvalue weighted by Gasteiger charge is -2.16. The largest absolute Gasteiger partial charge is 0.362 e. The molecule has 0 spiro atoms. The number of pyridine rings is 1. The third-order valence-corrected chi connectivity index (χ3v) is 6.06. The summed E-state index contributed by atoms with van der Waals surface area (Å²) in [5.41, 5.74) is 0.860. The van der Waals surface area contributed by atoms with E-state index in [-0.39, 0.29) is 11.8 Å². The molecule has 0 radical (unpaired) electrons. The third kappa shape index (κ3) is 4.19. The average molecular weight is 325 g/mol. The fourth-order valence-electron chi connectivity index (χ4n) is 2.76. The zero-order valence-electron chi connectivity index (χ0n) is 13.1. The number of aromatic nitrogens is 1. The summed E-state index contributed by atoms with van der Waals surface area (Å²) >= 11 is 0. The molecule has 0 saturated heterocycles. The molecule has 1 aliphatic carbocycles. The van der Waals surface area contributed by atoms with Gasteiger partial charge in [-0.3, -0.25) is 4.79 Å². The number of sulfone groups is 1. The van der Waals surface area contributed by atoms with E-state index in [2.05, 4.69) is 10.3 Å². The quantitative estimate of drug-likeness (QED) is 0.848. The van der Waals surface area contributed by atoms with Crippen molar-refractivity contribution in [1.82, 2.24) is 10.3 Å². The molecule has 1 amide bonds. The van der Waals surface area contributed by atoms with Crippen molar-refractivity contribution in [2.24, 2.45) is 0 Å². The minimum atomic E-state index is -3.33. The second kappa shape index (κ2) is 7.09. The predicted molar refractivity (Wildman–Crippen MR) is 86.5 cm³/mol. The van der Waals surface area contributed by atoms with Crippen LogP contribution in [-0.4, -0.2) is 44.4 Å². The Morgan fingerprint density at radius 3 is 2.68 bits per heavy atom. The van der Waals surface area contributed by atoms with E-state index in [1.807, 2.05) is 25.1 Å². The Hall–Kier alpha value is -1.63. The van der Waals surface area contributed by atoms with Crippen molar-refractivity contribution in [2.75, 3.05) is 24.7 Å². The van der Waals surface area contributed by atoms with Gasteiger partial charge < -0.3 is 10.2 Å². The Labute approximate surface area is 131 Å². The third-order valence-electron chi connectivity index (χ3n) is 3.91. The molecule has 22 heavy (non-hydrogen) atoms. The molecule has 7 heteroatoms. The van der Waals surface area contributed by atoms with Crippen molar-refractivity contribution in [3.05, 3.63) is 23.9 Å². The van der Waals surface area contributed by atoms with Gasteiger partial charge in [0, 0.05) is 32.4 Å². The fraction of sp³-hybridized carbons (Fsp3) is 0.600. The molecule has 6 nitrogen and oxygen atoms in total. The minimum Gasteiger partial charge on any atom is -0.362 e. The molecular formula is C15H23N3O3S. The summed E-state index contributed by atoms with van der Waals surface area (Å²) in [4.78, 5) is 18.1. The summed E-state index contributed by atoms with van der Waals surface area (Å²) in [7, 11) is 0.418. The molecule has 0 aromatic carbocycles. The summed E-state index contributed by atoms with van der Waals surface area (Å²) in [5.74, 6) is -0.100. The number of anilines is 1. The van der Waals surface area contributed by atoms with E-state index in [9.17, 15) is 13.2 Å². The SMILES string of the molecule is CN(C)c1ncccc1CNC(=O)CS(=O)(=O)C1CCCC1. The number of nitrogens with zero attached hydrogens (tertiary/aromatic N) is 2. The Bertz CT molecular complexity index is 623. The Morgan fingerprint density at radius 1 is 1.36 bits per heavy atom. The molecule has 1 saturated carbocycles. The number of hydrogen-bond acceptors (Lipinski definition) is 5. The van der Waals surface area contributed by atoms with Crippen molar-refractivity contribution in [2.45, 2.75) is 37.5 Å². The lowest BCUT2D eigenvalue weighted by molar-refractivity contribution is -0.118. The van der Waals surface area contributed by atoms with Gasteiger partial charge in [0.1, 0.15) is 11.6 Å². The second-order valence-electron chi connectivity index (χ2n) is 5.87. The van der Waals surface area contributed by atoms with Gasteiger partial charge in [0.25, 0.3) is 0 Å². The Morgan fingerprint density at radius 2 is 2.05 bits per heavy atom.